The van der Waals surface area contributed by atoms with Gasteiger partial charge in [0.1, 0.15) is 18.1 Å². The van der Waals surface area contributed by atoms with E-state index in [2.05, 4.69) is 20.9 Å². The first kappa shape index (κ1) is 32.7. The SMILES string of the molecule is CSCCC(NC(=O)C(CCCN=C(N)N)NC(=O)C(NC(=O)C(N)Cc1ccccc1)C(C)O)C(=O)O. The molecule has 5 atom stereocenters. The highest BCUT2D eigenvalue weighted by molar-refractivity contribution is 7.98. The smallest absolute Gasteiger partial charge is 0.326 e. The van der Waals surface area contributed by atoms with Crippen molar-refractivity contribution in [2.75, 3.05) is 18.6 Å². The van der Waals surface area contributed by atoms with Crippen LogP contribution in [0.1, 0.15) is 31.7 Å². The number of hydrogen-bond acceptors (Lipinski definition) is 8. The number of carbonyl (C=O) groups excluding carboxylic acids is 3. The zero-order valence-corrected chi connectivity index (χ0v) is 22.4. The van der Waals surface area contributed by atoms with E-state index in [9.17, 15) is 29.4 Å². The van der Waals surface area contributed by atoms with Crippen molar-refractivity contribution in [2.45, 2.75) is 62.9 Å². The van der Waals surface area contributed by atoms with Crippen LogP contribution in [-0.2, 0) is 25.6 Å². The van der Waals surface area contributed by atoms with E-state index in [-0.39, 0.29) is 38.2 Å². The van der Waals surface area contributed by atoms with Crippen molar-refractivity contribution in [3.05, 3.63) is 35.9 Å². The first-order valence-electron chi connectivity index (χ1n) is 12.1. The van der Waals surface area contributed by atoms with Gasteiger partial charge < -0.3 is 43.4 Å². The molecule has 1 aromatic carbocycles. The Morgan fingerprint density at radius 2 is 1.61 bits per heavy atom. The Kier molecular flexibility index (Phi) is 14.8. The van der Waals surface area contributed by atoms with Crippen LogP contribution < -0.4 is 33.2 Å². The molecule has 0 aliphatic rings. The summed E-state index contributed by atoms with van der Waals surface area (Å²) in [4.78, 5) is 54.1. The van der Waals surface area contributed by atoms with Gasteiger partial charge in [0.15, 0.2) is 5.96 Å². The van der Waals surface area contributed by atoms with Gasteiger partial charge in [-0.15, -0.1) is 0 Å². The summed E-state index contributed by atoms with van der Waals surface area (Å²) in [6.45, 7) is 1.48. The van der Waals surface area contributed by atoms with Crippen molar-refractivity contribution in [1.82, 2.24) is 16.0 Å². The molecule has 3 amide bonds. The Morgan fingerprint density at radius 1 is 0.974 bits per heavy atom. The minimum absolute atomic E-state index is 0.0667. The number of nitrogens with one attached hydrogen (secondary N) is 3. The lowest BCUT2D eigenvalue weighted by molar-refractivity contribution is -0.142. The van der Waals surface area contributed by atoms with E-state index < -0.39 is 54.0 Å². The number of guanidine groups is 1. The molecule has 1 rings (SSSR count). The first-order chi connectivity index (χ1) is 18.0. The van der Waals surface area contributed by atoms with E-state index in [0.717, 1.165) is 5.56 Å². The van der Waals surface area contributed by atoms with Crippen molar-refractivity contribution in [3.63, 3.8) is 0 Å². The van der Waals surface area contributed by atoms with Crippen molar-refractivity contribution in [2.24, 2.45) is 22.2 Å². The largest absolute Gasteiger partial charge is 0.480 e. The van der Waals surface area contributed by atoms with Crippen molar-refractivity contribution < 1.29 is 29.4 Å². The first-order valence-corrected chi connectivity index (χ1v) is 13.5. The van der Waals surface area contributed by atoms with Crippen LogP contribution in [0.2, 0.25) is 0 Å². The van der Waals surface area contributed by atoms with Crippen LogP contribution >= 0.6 is 11.8 Å². The third kappa shape index (κ3) is 12.3. The van der Waals surface area contributed by atoms with Crippen molar-refractivity contribution >= 4 is 41.4 Å². The topological polar surface area (TPSA) is 235 Å². The molecular weight excluding hydrogens is 514 g/mol. The maximum Gasteiger partial charge on any atom is 0.326 e. The summed E-state index contributed by atoms with van der Waals surface area (Å²) < 4.78 is 0. The average molecular weight is 554 g/mol. The van der Waals surface area contributed by atoms with Gasteiger partial charge in [-0.1, -0.05) is 30.3 Å². The van der Waals surface area contributed by atoms with Gasteiger partial charge >= 0.3 is 5.97 Å². The Morgan fingerprint density at radius 3 is 2.16 bits per heavy atom. The third-order valence-electron chi connectivity index (χ3n) is 5.50. The fourth-order valence-corrected chi connectivity index (χ4v) is 3.90. The molecule has 0 radical (unpaired) electrons. The number of aliphatic hydroxyl groups excluding tert-OH is 1. The molecule has 1 aromatic rings. The second-order valence-corrected chi connectivity index (χ2v) is 9.70. The molecule has 13 nitrogen and oxygen atoms in total. The number of amides is 3. The molecule has 0 bridgehead atoms. The number of aliphatic hydroxyl groups is 1. The molecule has 5 unspecified atom stereocenters. The maximum atomic E-state index is 13.1. The van der Waals surface area contributed by atoms with Gasteiger partial charge in [0, 0.05) is 6.54 Å². The van der Waals surface area contributed by atoms with E-state index in [1.54, 1.807) is 24.3 Å². The molecule has 0 fully saturated rings. The zero-order chi connectivity index (χ0) is 28.7. The second-order valence-electron chi connectivity index (χ2n) is 8.71. The number of carbonyl (C=O) groups is 4. The number of rotatable bonds is 17. The third-order valence-corrected chi connectivity index (χ3v) is 6.15. The molecule has 14 heteroatoms. The number of aliphatic imine (C=N–C) groups is 1. The van der Waals surface area contributed by atoms with E-state index in [4.69, 9.17) is 17.2 Å². The highest BCUT2D eigenvalue weighted by Crippen LogP contribution is 2.07. The highest BCUT2D eigenvalue weighted by atomic mass is 32.2. The highest BCUT2D eigenvalue weighted by Gasteiger charge is 2.32. The van der Waals surface area contributed by atoms with Gasteiger partial charge in [0.05, 0.1) is 12.1 Å². The minimum Gasteiger partial charge on any atom is -0.480 e. The number of aliphatic carboxylic acids is 1. The molecule has 0 heterocycles. The van der Waals surface area contributed by atoms with Gasteiger partial charge in [-0.25, -0.2) is 4.79 Å². The molecule has 0 spiro atoms. The van der Waals surface area contributed by atoms with Gasteiger partial charge in [0.2, 0.25) is 17.7 Å². The lowest BCUT2D eigenvalue weighted by Crippen LogP contribution is -2.60. The summed E-state index contributed by atoms with van der Waals surface area (Å²) in [6.07, 6.45) is 1.24. The molecule has 0 aromatic heterocycles. The number of nitrogens with zero attached hydrogens (tertiary/aromatic N) is 1. The molecule has 0 saturated heterocycles. The number of thioether (sulfide) groups is 1. The predicted molar refractivity (Wildman–Crippen MR) is 146 cm³/mol. The molecular formula is C24H39N7O6S. The Labute approximate surface area is 226 Å². The quantitative estimate of drug-likeness (QED) is 0.0617. The van der Waals surface area contributed by atoms with Crippen molar-refractivity contribution in [1.29, 1.82) is 0 Å². The summed E-state index contributed by atoms with van der Waals surface area (Å²) in [7, 11) is 0. The number of carboxylic acid groups (broad SMARTS) is 1. The van der Waals surface area contributed by atoms with Gasteiger partial charge in [-0.2, -0.15) is 11.8 Å². The minimum atomic E-state index is -1.41. The number of hydrogen-bond donors (Lipinski definition) is 8. The standard InChI is InChI=1S/C24H39N7O6S/c1-14(32)19(31-20(33)16(25)13-15-7-4-3-5-8-15)22(35)29-17(9-6-11-28-24(26)27)21(34)30-18(23(36)37)10-12-38-2/h3-5,7-8,14,16-19,32H,6,9-13,25H2,1-2H3,(H,29,35)(H,30,34)(H,31,33)(H,36,37)(H4,26,27,28). The summed E-state index contributed by atoms with van der Waals surface area (Å²) in [6, 6.07) is 4.32. The van der Waals surface area contributed by atoms with Crippen LogP contribution in [0.4, 0.5) is 0 Å². The van der Waals surface area contributed by atoms with Gasteiger partial charge in [0.25, 0.3) is 0 Å². The summed E-state index contributed by atoms with van der Waals surface area (Å²) in [5.74, 6) is -3.07. The summed E-state index contributed by atoms with van der Waals surface area (Å²) in [5, 5.41) is 27.0. The van der Waals surface area contributed by atoms with Crippen LogP contribution in [0.15, 0.2) is 35.3 Å². The Bertz CT molecular complexity index is 943. The van der Waals surface area contributed by atoms with Gasteiger partial charge in [-0.05, 0) is 50.2 Å². The lowest BCUT2D eigenvalue weighted by atomic mass is 10.0. The van der Waals surface area contributed by atoms with Crippen LogP contribution in [0.3, 0.4) is 0 Å². The molecule has 0 aliphatic heterocycles. The number of nitrogens with two attached hydrogens (primary N) is 3. The molecule has 38 heavy (non-hydrogen) atoms. The number of benzene rings is 1. The molecule has 212 valence electrons. The zero-order valence-electron chi connectivity index (χ0n) is 21.6. The van der Waals surface area contributed by atoms with E-state index in [0.29, 0.717) is 5.75 Å². The summed E-state index contributed by atoms with van der Waals surface area (Å²) >= 11 is 1.43. The maximum absolute atomic E-state index is 13.1. The van der Waals surface area contributed by atoms with E-state index >= 15 is 0 Å². The van der Waals surface area contributed by atoms with Crippen molar-refractivity contribution in [3.8, 4) is 0 Å². The van der Waals surface area contributed by atoms with E-state index in [1.807, 2.05) is 12.3 Å². The predicted octanol–water partition coefficient (Wildman–Crippen LogP) is -1.72. The molecule has 0 saturated carbocycles. The monoisotopic (exact) mass is 553 g/mol. The molecule has 11 N–H and O–H groups in total. The summed E-state index contributed by atoms with van der Waals surface area (Å²) in [5.41, 5.74) is 17.5. The Balaban J connectivity index is 2.96. The Hall–Kier alpha value is -3.36. The van der Waals surface area contributed by atoms with Crippen LogP contribution in [-0.4, -0.2) is 88.7 Å². The average Bonchev–Trinajstić information content (AvgIpc) is 2.86. The van der Waals surface area contributed by atoms with Crippen LogP contribution in [0.5, 0.6) is 0 Å². The number of carboxylic acids is 1. The van der Waals surface area contributed by atoms with Crippen LogP contribution in [0.25, 0.3) is 0 Å². The molecule has 0 aliphatic carbocycles. The van der Waals surface area contributed by atoms with Gasteiger partial charge in [-0.3, -0.25) is 19.4 Å². The lowest BCUT2D eigenvalue weighted by Gasteiger charge is -2.26. The van der Waals surface area contributed by atoms with Crippen LogP contribution in [0, 0.1) is 0 Å². The second kappa shape index (κ2) is 17.2. The fourth-order valence-electron chi connectivity index (χ4n) is 3.43. The fraction of sp³-hybridized carbons (Fsp3) is 0.542. The normalized spacial score (nSPS) is 14.7. The van der Waals surface area contributed by atoms with E-state index in [1.165, 1.54) is 18.7 Å².